The van der Waals surface area contributed by atoms with Crippen LogP contribution in [0.5, 0.6) is 0 Å². The molecule has 2 aromatic rings. The summed E-state index contributed by atoms with van der Waals surface area (Å²) in [5, 5.41) is 8.89. The van der Waals surface area contributed by atoms with E-state index < -0.39 is 0 Å². The predicted octanol–water partition coefficient (Wildman–Crippen LogP) is 3.90. The van der Waals surface area contributed by atoms with Gasteiger partial charge in [0.15, 0.2) is 0 Å². The first-order chi connectivity index (χ1) is 8.86. The molecule has 1 saturated carbocycles. The summed E-state index contributed by atoms with van der Waals surface area (Å²) in [5.74, 6) is 1.47. The molecule has 0 heterocycles. The summed E-state index contributed by atoms with van der Waals surface area (Å²) in [7, 11) is 0. The van der Waals surface area contributed by atoms with E-state index in [2.05, 4.69) is 42.5 Å². The van der Waals surface area contributed by atoms with Crippen LogP contribution in [0.25, 0.3) is 0 Å². The van der Waals surface area contributed by atoms with Crippen molar-refractivity contribution < 1.29 is 0 Å². The van der Waals surface area contributed by atoms with Crippen molar-refractivity contribution in [2.75, 3.05) is 0 Å². The fourth-order valence-corrected chi connectivity index (χ4v) is 2.65. The molecule has 1 nitrogen and oxygen atoms in total. The molecule has 0 spiro atoms. The highest BCUT2D eigenvalue weighted by atomic mass is 14.4. The quantitative estimate of drug-likeness (QED) is 0.788. The molecule has 1 aliphatic carbocycles. The fraction of sp³-hybridized carbons (Fsp3) is 0.235. The zero-order chi connectivity index (χ0) is 12.4. The predicted molar refractivity (Wildman–Crippen MR) is 72.2 cm³/mol. The molecule has 3 rings (SSSR count). The molecule has 0 aliphatic heterocycles. The van der Waals surface area contributed by atoms with Gasteiger partial charge < -0.3 is 0 Å². The zero-order valence-corrected chi connectivity index (χ0v) is 10.2. The van der Waals surface area contributed by atoms with Gasteiger partial charge in [0.05, 0.1) is 11.6 Å². The molecule has 0 bridgehead atoms. The maximum atomic E-state index is 8.89. The Morgan fingerprint density at radius 2 is 1.89 bits per heavy atom. The van der Waals surface area contributed by atoms with Crippen molar-refractivity contribution in [2.24, 2.45) is 5.92 Å². The van der Waals surface area contributed by atoms with Crippen LogP contribution in [-0.4, -0.2) is 0 Å². The van der Waals surface area contributed by atoms with Gasteiger partial charge in [0.1, 0.15) is 0 Å². The molecule has 1 fully saturated rings. The highest BCUT2D eigenvalue weighted by Crippen LogP contribution is 2.49. The molecule has 0 radical (unpaired) electrons. The molecule has 88 valence electrons. The smallest absolute Gasteiger partial charge is 0.0991 e. The van der Waals surface area contributed by atoms with Crippen molar-refractivity contribution in [3.63, 3.8) is 0 Å². The highest BCUT2D eigenvalue weighted by Gasteiger charge is 2.37. The Kier molecular flexibility index (Phi) is 2.86. The second-order valence-corrected chi connectivity index (χ2v) is 5.03. The topological polar surface area (TPSA) is 23.8 Å². The number of nitriles is 1. The van der Waals surface area contributed by atoms with Gasteiger partial charge in [0.2, 0.25) is 0 Å². The second kappa shape index (κ2) is 4.66. The van der Waals surface area contributed by atoms with E-state index in [1.165, 1.54) is 17.5 Å². The maximum Gasteiger partial charge on any atom is 0.0991 e. The van der Waals surface area contributed by atoms with E-state index >= 15 is 0 Å². The first-order valence-corrected chi connectivity index (χ1v) is 6.41. The Balaban J connectivity index is 1.68. The minimum Gasteiger partial charge on any atom is -0.192 e. The lowest BCUT2D eigenvalue weighted by Crippen LogP contribution is -1.90. The van der Waals surface area contributed by atoms with E-state index in [-0.39, 0.29) is 0 Å². The van der Waals surface area contributed by atoms with Gasteiger partial charge in [-0.3, -0.25) is 0 Å². The van der Waals surface area contributed by atoms with Crippen LogP contribution in [0.15, 0.2) is 54.6 Å². The van der Waals surface area contributed by atoms with E-state index in [1.54, 1.807) is 0 Å². The van der Waals surface area contributed by atoms with Crippen molar-refractivity contribution >= 4 is 0 Å². The molecule has 0 aromatic heterocycles. The fourth-order valence-electron chi connectivity index (χ4n) is 2.65. The van der Waals surface area contributed by atoms with Gasteiger partial charge in [-0.15, -0.1) is 0 Å². The lowest BCUT2D eigenvalue weighted by atomic mass is 10.0. The van der Waals surface area contributed by atoms with Crippen LogP contribution < -0.4 is 0 Å². The van der Waals surface area contributed by atoms with Crippen LogP contribution in [0.1, 0.15) is 29.0 Å². The third-order valence-corrected chi connectivity index (χ3v) is 3.70. The largest absolute Gasteiger partial charge is 0.192 e. The van der Waals surface area contributed by atoms with Gasteiger partial charge in [-0.2, -0.15) is 5.26 Å². The van der Waals surface area contributed by atoms with E-state index in [1.807, 2.05) is 18.2 Å². The van der Waals surface area contributed by atoms with Gasteiger partial charge >= 0.3 is 0 Å². The number of rotatable bonds is 3. The van der Waals surface area contributed by atoms with Crippen LogP contribution >= 0.6 is 0 Å². The van der Waals surface area contributed by atoms with E-state index in [0.717, 1.165) is 23.8 Å². The zero-order valence-electron chi connectivity index (χ0n) is 10.2. The average Bonchev–Trinajstić information content (AvgIpc) is 3.19. The molecular weight excluding hydrogens is 218 g/mol. The van der Waals surface area contributed by atoms with Crippen molar-refractivity contribution in [1.29, 1.82) is 5.26 Å². The number of hydrogen-bond donors (Lipinski definition) is 0. The Morgan fingerprint density at radius 3 is 2.67 bits per heavy atom. The SMILES string of the molecule is N#Cc1cccc(CC2CC2c2ccccc2)c1. The molecule has 2 unspecified atom stereocenters. The minimum absolute atomic E-state index is 0.719. The first-order valence-electron chi connectivity index (χ1n) is 6.41. The molecule has 2 atom stereocenters. The van der Waals surface area contributed by atoms with Crippen LogP contribution in [0.3, 0.4) is 0 Å². The first kappa shape index (κ1) is 11.0. The van der Waals surface area contributed by atoms with Crippen molar-refractivity contribution in [1.82, 2.24) is 0 Å². The van der Waals surface area contributed by atoms with Crippen LogP contribution in [0, 0.1) is 17.2 Å². The summed E-state index contributed by atoms with van der Waals surface area (Å²) in [6.07, 6.45) is 2.37. The number of benzene rings is 2. The molecule has 0 amide bonds. The van der Waals surface area contributed by atoms with Gasteiger partial charge in [-0.1, -0.05) is 42.5 Å². The van der Waals surface area contributed by atoms with Crippen molar-refractivity contribution in [2.45, 2.75) is 18.8 Å². The van der Waals surface area contributed by atoms with E-state index in [0.29, 0.717) is 0 Å². The van der Waals surface area contributed by atoms with Gasteiger partial charge in [-0.25, -0.2) is 0 Å². The molecular formula is C17H15N. The van der Waals surface area contributed by atoms with Crippen molar-refractivity contribution in [3.8, 4) is 6.07 Å². The van der Waals surface area contributed by atoms with Gasteiger partial charge in [-0.05, 0) is 47.9 Å². The standard InChI is InChI=1S/C17H15N/c18-12-14-6-4-5-13(9-14)10-16-11-17(16)15-7-2-1-3-8-15/h1-9,16-17H,10-11H2. The molecule has 18 heavy (non-hydrogen) atoms. The number of nitrogens with zero attached hydrogens (tertiary/aromatic N) is 1. The molecule has 0 N–H and O–H groups in total. The summed E-state index contributed by atoms with van der Waals surface area (Å²) < 4.78 is 0. The highest BCUT2D eigenvalue weighted by molar-refractivity contribution is 5.34. The molecule has 2 aromatic carbocycles. The summed E-state index contributed by atoms with van der Waals surface area (Å²) in [5.41, 5.74) is 3.51. The summed E-state index contributed by atoms with van der Waals surface area (Å²) in [6.45, 7) is 0. The van der Waals surface area contributed by atoms with Gasteiger partial charge in [0.25, 0.3) is 0 Å². The Hall–Kier alpha value is -2.07. The summed E-state index contributed by atoms with van der Waals surface area (Å²) in [6, 6.07) is 20.9. The second-order valence-electron chi connectivity index (χ2n) is 5.03. The summed E-state index contributed by atoms with van der Waals surface area (Å²) in [4.78, 5) is 0. The maximum absolute atomic E-state index is 8.89. The van der Waals surface area contributed by atoms with Crippen molar-refractivity contribution in [3.05, 3.63) is 71.3 Å². The third-order valence-electron chi connectivity index (χ3n) is 3.70. The monoisotopic (exact) mass is 233 g/mol. The molecule has 1 heteroatoms. The van der Waals surface area contributed by atoms with Crippen LogP contribution in [0.2, 0.25) is 0 Å². The molecule has 1 aliphatic rings. The van der Waals surface area contributed by atoms with E-state index in [9.17, 15) is 0 Å². The normalized spacial score (nSPS) is 21.3. The average molecular weight is 233 g/mol. The summed E-state index contributed by atoms with van der Waals surface area (Å²) >= 11 is 0. The minimum atomic E-state index is 0.719. The van der Waals surface area contributed by atoms with Gasteiger partial charge in [0, 0.05) is 0 Å². The Morgan fingerprint density at radius 1 is 1.06 bits per heavy atom. The van der Waals surface area contributed by atoms with Crippen LogP contribution in [0.4, 0.5) is 0 Å². The molecule has 0 saturated heterocycles. The Bertz CT molecular complexity index is 580. The van der Waals surface area contributed by atoms with Crippen LogP contribution in [-0.2, 0) is 6.42 Å². The Labute approximate surface area is 108 Å². The van der Waals surface area contributed by atoms with E-state index in [4.69, 9.17) is 5.26 Å². The lowest BCUT2D eigenvalue weighted by Gasteiger charge is -2.02. The lowest BCUT2D eigenvalue weighted by molar-refractivity contribution is 0.794. The third kappa shape index (κ3) is 2.28. The number of hydrogen-bond acceptors (Lipinski definition) is 1.